The largest absolute Gasteiger partial charge is 0.481 e. The maximum absolute atomic E-state index is 10.8. The van der Waals surface area contributed by atoms with Gasteiger partial charge in [-0.1, -0.05) is 0 Å². The fraction of sp³-hybridized carbons (Fsp3) is 0.600. The van der Waals surface area contributed by atoms with Crippen LogP contribution in [0.25, 0.3) is 0 Å². The van der Waals surface area contributed by atoms with Gasteiger partial charge in [0.25, 0.3) is 0 Å². The summed E-state index contributed by atoms with van der Waals surface area (Å²) in [5, 5.41) is 13.0. The van der Waals surface area contributed by atoms with Gasteiger partial charge in [-0.25, -0.2) is 0 Å². The van der Waals surface area contributed by atoms with E-state index in [0.717, 1.165) is 5.69 Å². The van der Waals surface area contributed by atoms with E-state index in [1.807, 2.05) is 20.8 Å². The SMILES string of the molecule is CC(C(=O)O)c1ccnn1C(C)(C)C. The zero-order valence-corrected chi connectivity index (χ0v) is 8.98. The second-order valence-corrected chi connectivity index (χ2v) is 4.40. The summed E-state index contributed by atoms with van der Waals surface area (Å²) in [6.45, 7) is 7.66. The third-order valence-electron chi connectivity index (χ3n) is 2.12. The molecule has 14 heavy (non-hydrogen) atoms. The zero-order valence-electron chi connectivity index (χ0n) is 8.98. The van der Waals surface area contributed by atoms with Crippen LogP contribution in [-0.4, -0.2) is 20.9 Å². The average Bonchev–Trinajstić information content (AvgIpc) is 2.48. The summed E-state index contributed by atoms with van der Waals surface area (Å²) in [7, 11) is 0. The van der Waals surface area contributed by atoms with E-state index < -0.39 is 11.9 Å². The highest BCUT2D eigenvalue weighted by molar-refractivity contribution is 5.74. The van der Waals surface area contributed by atoms with Crippen molar-refractivity contribution in [1.29, 1.82) is 0 Å². The molecule has 1 heterocycles. The van der Waals surface area contributed by atoms with Crippen LogP contribution in [0.3, 0.4) is 0 Å². The molecule has 1 atom stereocenters. The van der Waals surface area contributed by atoms with Crippen molar-refractivity contribution in [3.8, 4) is 0 Å². The summed E-state index contributed by atoms with van der Waals surface area (Å²) < 4.78 is 1.76. The van der Waals surface area contributed by atoms with Gasteiger partial charge in [0.1, 0.15) is 0 Å². The summed E-state index contributed by atoms with van der Waals surface area (Å²) >= 11 is 0. The lowest BCUT2D eigenvalue weighted by atomic mass is 10.0. The quantitative estimate of drug-likeness (QED) is 0.785. The first-order valence-electron chi connectivity index (χ1n) is 4.61. The van der Waals surface area contributed by atoms with E-state index in [1.165, 1.54) is 0 Å². The van der Waals surface area contributed by atoms with Gasteiger partial charge in [-0.2, -0.15) is 5.10 Å². The molecule has 0 aliphatic rings. The predicted octanol–water partition coefficient (Wildman–Crippen LogP) is 1.83. The van der Waals surface area contributed by atoms with E-state index in [-0.39, 0.29) is 5.54 Å². The first-order chi connectivity index (χ1) is 6.34. The Morgan fingerprint density at radius 1 is 1.57 bits per heavy atom. The Morgan fingerprint density at radius 2 is 2.14 bits per heavy atom. The molecule has 0 aliphatic heterocycles. The topological polar surface area (TPSA) is 55.1 Å². The molecule has 0 radical (unpaired) electrons. The third-order valence-corrected chi connectivity index (χ3v) is 2.12. The molecule has 0 saturated carbocycles. The van der Waals surface area contributed by atoms with E-state index >= 15 is 0 Å². The monoisotopic (exact) mass is 196 g/mol. The lowest BCUT2D eigenvalue weighted by Gasteiger charge is -2.23. The fourth-order valence-corrected chi connectivity index (χ4v) is 1.33. The van der Waals surface area contributed by atoms with Crippen LogP contribution in [0.1, 0.15) is 39.3 Å². The smallest absolute Gasteiger partial charge is 0.312 e. The highest BCUT2D eigenvalue weighted by atomic mass is 16.4. The van der Waals surface area contributed by atoms with Crippen molar-refractivity contribution in [2.24, 2.45) is 0 Å². The molecule has 4 heteroatoms. The molecular formula is C10H16N2O2. The number of hydrogen-bond acceptors (Lipinski definition) is 2. The van der Waals surface area contributed by atoms with Gasteiger partial charge in [0.05, 0.1) is 17.2 Å². The van der Waals surface area contributed by atoms with Crippen molar-refractivity contribution < 1.29 is 9.90 Å². The number of carboxylic acids is 1. The summed E-state index contributed by atoms with van der Waals surface area (Å²) in [4.78, 5) is 10.8. The molecule has 0 aliphatic carbocycles. The van der Waals surface area contributed by atoms with E-state index in [1.54, 1.807) is 23.9 Å². The Hall–Kier alpha value is -1.32. The van der Waals surface area contributed by atoms with Gasteiger partial charge in [-0.05, 0) is 33.8 Å². The van der Waals surface area contributed by atoms with Crippen molar-refractivity contribution in [3.05, 3.63) is 18.0 Å². The maximum Gasteiger partial charge on any atom is 0.312 e. The highest BCUT2D eigenvalue weighted by Crippen LogP contribution is 2.21. The third kappa shape index (κ3) is 1.95. The van der Waals surface area contributed by atoms with Gasteiger partial charge in [-0.3, -0.25) is 9.48 Å². The molecule has 1 aromatic heterocycles. The lowest BCUT2D eigenvalue weighted by Crippen LogP contribution is -2.27. The zero-order chi connectivity index (χ0) is 10.9. The molecule has 1 rings (SSSR count). The minimum absolute atomic E-state index is 0.178. The number of aliphatic carboxylic acids is 1. The molecular weight excluding hydrogens is 180 g/mol. The molecule has 1 unspecified atom stereocenters. The Morgan fingerprint density at radius 3 is 2.57 bits per heavy atom. The first kappa shape index (κ1) is 10.8. The lowest BCUT2D eigenvalue weighted by molar-refractivity contribution is -0.138. The van der Waals surface area contributed by atoms with Crippen LogP contribution < -0.4 is 0 Å². The number of carboxylic acid groups (broad SMARTS) is 1. The van der Waals surface area contributed by atoms with Crippen molar-refractivity contribution in [1.82, 2.24) is 9.78 Å². The maximum atomic E-state index is 10.8. The number of aromatic nitrogens is 2. The number of carbonyl (C=O) groups is 1. The van der Waals surface area contributed by atoms with Crippen molar-refractivity contribution in [2.45, 2.75) is 39.2 Å². The van der Waals surface area contributed by atoms with Crippen LogP contribution in [0.2, 0.25) is 0 Å². The molecule has 1 N–H and O–H groups in total. The molecule has 0 bridgehead atoms. The van der Waals surface area contributed by atoms with Crippen molar-refractivity contribution in [3.63, 3.8) is 0 Å². The van der Waals surface area contributed by atoms with Gasteiger partial charge in [0.15, 0.2) is 0 Å². The van der Waals surface area contributed by atoms with Crippen molar-refractivity contribution in [2.75, 3.05) is 0 Å². The second kappa shape index (κ2) is 3.44. The molecule has 4 nitrogen and oxygen atoms in total. The Labute approximate surface area is 83.5 Å². The summed E-state index contributed by atoms with van der Waals surface area (Å²) in [6, 6.07) is 1.75. The highest BCUT2D eigenvalue weighted by Gasteiger charge is 2.23. The Balaban J connectivity index is 3.11. The van der Waals surface area contributed by atoms with Gasteiger partial charge < -0.3 is 5.11 Å². The summed E-state index contributed by atoms with van der Waals surface area (Å²) in [5.74, 6) is -1.34. The Kier molecular flexibility index (Phi) is 2.64. The number of nitrogens with zero attached hydrogens (tertiary/aromatic N) is 2. The standard InChI is InChI=1S/C10H16N2O2/c1-7(9(13)14)8-5-6-11-12(8)10(2,3)4/h5-7H,1-4H3,(H,13,14). The molecule has 1 aromatic rings. The van der Waals surface area contributed by atoms with Crippen LogP contribution >= 0.6 is 0 Å². The molecule has 0 fully saturated rings. The summed E-state index contributed by atoms with van der Waals surface area (Å²) in [5.41, 5.74) is 0.563. The average molecular weight is 196 g/mol. The molecule has 0 spiro atoms. The van der Waals surface area contributed by atoms with Crippen LogP contribution in [0.5, 0.6) is 0 Å². The van der Waals surface area contributed by atoms with Crippen LogP contribution in [0.4, 0.5) is 0 Å². The van der Waals surface area contributed by atoms with Gasteiger partial charge in [0.2, 0.25) is 0 Å². The molecule has 0 amide bonds. The predicted molar refractivity (Wildman–Crippen MR) is 53.3 cm³/mol. The van der Waals surface area contributed by atoms with Crippen LogP contribution in [0, 0.1) is 0 Å². The fourth-order valence-electron chi connectivity index (χ4n) is 1.33. The number of rotatable bonds is 2. The van der Waals surface area contributed by atoms with Crippen LogP contribution in [-0.2, 0) is 10.3 Å². The van der Waals surface area contributed by atoms with Crippen molar-refractivity contribution >= 4 is 5.97 Å². The summed E-state index contributed by atoms with van der Waals surface area (Å²) in [6.07, 6.45) is 1.64. The van der Waals surface area contributed by atoms with E-state index in [0.29, 0.717) is 0 Å². The Bertz CT molecular complexity index is 336. The van der Waals surface area contributed by atoms with E-state index in [2.05, 4.69) is 5.10 Å². The van der Waals surface area contributed by atoms with E-state index in [9.17, 15) is 4.79 Å². The molecule has 0 aromatic carbocycles. The van der Waals surface area contributed by atoms with Gasteiger partial charge in [-0.15, -0.1) is 0 Å². The minimum atomic E-state index is -0.823. The minimum Gasteiger partial charge on any atom is -0.481 e. The normalized spacial score (nSPS) is 14.0. The molecule has 78 valence electrons. The second-order valence-electron chi connectivity index (χ2n) is 4.40. The number of hydrogen-bond donors (Lipinski definition) is 1. The van der Waals surface area contributed by atoms with Crippen LogP contribution in [0.15, 0.2) is 12.3 Å². The van der Waals surface area contributed by atoms with E-state index in [4.69, 9.17) is 5.11 Å². The van der Waals surface area contributed by atoms with Gasteiger partial charge in [0, 0.05) is 6.20 Å². The molecule has 0 saturated heterocycles. The van der Waals surface area contributed by atoms with Gasteiger partial charge >= 0.3 is 5.97 Å². The first-order valence-corrected chi connectivity index (χ1v) is 4.61.